The quantitative estimate of drug-likeness (QED) is 0.496. The Kier molecular flexibility index (Phi) is 4.61. The summed E-state index contributed by atoms with van der Waals surface area (Å²) in [7, 11) is 0. The molecule has 0 saturated heterocycles. The Hall–Kier alpha value is -0.550. The fourth-order valence-electron chi connectivity index (χ4n) is 0.817. The largest absolute Gasteiger partial charge is 0.478 e. The lowest BCUT2D eigenvalue weighted by atomic mass is 10.3. The minimum Gasteiger partial charge on any atom is -0.478 e. The SMILES string of the molecule is CC(Cl)(N=Nc1c(Cl)cc(Cl)cc1Cl)C(=O)O. The van der Waals surface area contributed by atoms with Gasteiger partial charge in [0.25, 0.3) is 0 Å². The highest BCUT2D eigenvalue weighted by molar-refractivity contribution is 6.41. The van der Waals surface area contributed by atoms with E-state index in [0.717, 1.165) is 0 Å². The van der Waals surface area contributed by atoms with Gasteiger partial charge in [-0.25, -0.2) is 4.79 Å². The van der Waals surface area contributed by atoms with Crippen molar-refractivity contribution >= 4 is 58.1 Å². The van der Waals surface area contributed by atoms with E-state index in [2.05, 4.69) is 10.2 Å². The number of rotatable bonds is 3. The Morgan fingerprint density at radius 2 is 1.76 bits per heavy atom. The minimum atomic E-state index is -1.87. The van der Waals surface area contributed by atoms with Crippen molar-refractivity contribution in [2.24, 2.45) is 10.2 Å². The summed E-state index contributed by atoms with van der Waals surface area (Å²) in [6.07, 6.45) is 0. The molecule has 1 N–H and O–H groups in total. The zero-order valence-electron chi connectivity index (χ0n) is 8.42. The number of carboxylic acids is 1. The highest BCUT2D eigenvalue weighted by atomic mass is 35.5. The Balaban J connectivity index is 3.12. The molecule has 0 fully saturated rings. The standard InChI is InChI=1S/C9H6Cl4N2O2/c1-9(13,8(16)17)15-14-7-5(11)2-4(10)3-6(7)12/h2-3H,1H3,(H,16,17). The molecule has 92 valence electrons. The lowest BCUT2D eigenvalue weighted by Crippen LogP contribution is -2.24. The van der Waals surface area contributed by atoms with E-state index < -0.39 is 11.0 Å². The number of halogens is 4. The molecule has 1 rings (SSSR count). The van der Waals surface area contributed by atoms with Crippen molar-refractivity contribution in [2.45, 2.75) is 11.9 Å². The van der Waals surface area contributed by atoms with Gasteiger partial charge in [0.1, 0.15) is 5.69 Å². The second-order valence-electron chi connectivity index (χ2n) is 3.18. The monoisotopic (exact) mass is 314 g/mol. The molecule has 4 nitrogen and oxygen atoms in total. The van der Waals surface area contributed by atoms with Crippen LogP contribution in [0.25, 0.3) is 0 Å². The maximum atomic E-state index is 10.7. The van der Waals surface area contributed by atoms with Crippen molar-refractivity contribution in [1.82, 2.24) is 0 Å². The highest BCUT2D eigenvalue weighted by Gasteiger charge is 2.30. The molecule has 0 radical (unpaired) electrons. The molecular weight excluding hydrogens is 310 g/mol. The van der Waals surface area contributed by atoms with Gasteiger partial charge in [0.2, 0.25) is 5.00 Å². The summed E-state index contributed by atoms with van der Waals surface area (Å²) < 4.78 is 0. The molecule has 1 atom stereocenters. The van der Waals surface area contributed by atoms with Gasteiger partial charge in [0, 0.05) is 5.02 Å². The van der Waals surface area contributed by atoms with E-state index in [1.54, 1.807) is 0 Å². The van der Waals surface area contributed by atoms with Crippen LogP contribution in [0.1, 0.15) is 6.92 Å². The van der Waals surface area contributed by atoms with Crippen molar-refractivity contribution in [2.75, 3.05) is 0 Å². The summed E-state index contributed by atoms with van der Waals surface area (Å²) >= 11 is 22.9. The molecule has 0 aliphatic carbocycles. The van der Waals surface area contributed by atoms with Crippen LogP contribution in [0.4, 0.5) is 5.69 Å². The third-order valence-electron chi connectivity index (χ3n) is 1.71. The molecule has 0 aromatic heterocycles. The number of hydrogen-bond donors (Lipinski definition) is 1. The molecule has 1 unspecified atom stereocenters. The number of hydrogen-bond acceptors (Lipinski definition) is 3. The molecule has 1 aromatic rings. The maximum Gasteiger partial charge on any atom is 0.348 e. The van der Waals surface area contributed by atoms with Crippen molar-refractivity contribution in [3.05, 3.63) is 27.2 Å². The molecule has 0 spiro atoms. The second kappa shape index (κ2) is 5.40. The molecule has 17 heavy (non-hydrogen) atoms. The summed E-state index contributed by atoms with van der Waals surface area (Å²) in [5.74, 6) is -1.33. The van der Waals surface area contributed by atoms with E-state index in [1.165, 1.54) is 19.1 Å². The fraction of sp³-hybridized carbons (Fsp3) is 0.222. The summed E-state index contributed by atoms with van der Waals surface area (Å²) in [6.45, 7) is 1.18. The lowest BCUT2D eigenvalue weighted by Gasteiger charge is -2.09. The molecular formula is C9H6Cl4N2O2. The van der Waals surface area contributed by atoms with E-state index in [1.807, 2.05) is 0 Å². The van der Waals surface area contributed by atoms with Crippen LogP contribution >= 0.6 is 46.4 Å². The number of alkyl halides is 1. The third-order valence-corrected chi connectivity index (χ3v) is 2.74. The first-order chi connectivity index (χ1) is 7.74. The van der Waals surface area contributed by atoms with Crippen LogP contribution in [0, 0.1) is 0 Å². The van der Waals surface area contributed by atoms with Crippen molar-refractivity contribution < 1.29 is 9.90 Å². The topological polar surface area (TPSA) is 62.0 Å². The minimum absolute atomic E-state index is 0.117. The van der Waals surface area contributed by atoms with Gasteiger partial charge in [-0.05, 0) is 19.1 Å². The van der Waals surface area contributed by atoms with E-state index in [-0.39, 0.29) is 15.7 Å². The molecule has 0 aliphatic rings. The number of azo groups is 1. The summed E-state index contributed by atoms with van der Waals surface area (Å²) in [4.78, 5) is 8.82. The molecule has 0 heterocycles. The molecule has 0 aliphatic heterocycles. The lowest BCUT2D eigenvalue weighted by molar-refractivity contribution is -0.139. The second-order valence-corrected chi connectivity index (χ2v) is 5.16. The van der Waals surface area contributed by atoms with Gasteiger partial charge in [0.05, 0.1) is 10.0 Å². The van der Waals surface area contributed by atoms with Crippen LogP contribution in [0.3, 0.4) is 0 Å². The van der Waals surface area contributed by atoms with E-state index in [9.17, 15) is 4.79 Å². The van der Waals surface area contributed by atoms with Gasteiger partial charge >= 0.3 is 5.97 Å². The molecule has 8 heteroatoms. The first-order valence-corrected chi connectivity index (χ1v) is 5.75. The van der Waals surface area contributed by atoms with Gasteiger partial charge in [-0.2, -0.15) is 10.2 Å². The van der Waals surface area contributed by atoms with Crippen molar-refractivity contribution in [1.29, 1.82) is 0 Å². The Morgan fingerprint density at radius 1 is 1.29 bits per heavy atom. The zero-order chi connectivity index (χ0) is 13.2. The van der Waals surface area contributed by atoms with E-state index in [4.69, 9.17) is 51.5 Å². The molecule has 1 aromatic carbocycles. The number of carboxylic acid groups (broad SMARTS) is 1. The summed E-state index contributed by atoms with van der Waals surface area (Å²) in [5.41, 5.74) is 0.117. The molecule has 0 saturated carbocycles. The van der Waals surface area contributed by atoms with E-state index >= 15 is 0 Å². The Labute approximate surface area is 117 Å². The van der Waals surface area contributed by atoms with Crippen LogP contribution in [0.15, 0.2) is 22.4 Å². The first-order valence-electron chi connectivity index (χ1n) is 4.24. The maximum absolute atomic E-state index is 10.7. The van der Waals surface area contributed by atoms with Crippen molar-refractivity contribution in [3.8, 4) is 0 Å². The fourth-order valence-corrected chi connectivity index (χ4v) is 1.75. The number of nitrogens with zero attached hydrogens (tertiary/aromatic N) is 2. The zero-order valence-corrected chi connectivity index (χ0v) is 11.4. The van der Waals surface area contributed by atoms with Crippen LogP contribution in [0.5, 0.6) is 0 Å². The number of carbonyl (C=O) groups is 1. The number of aliphatic carboxylic acids is 1. The summed E-state index contributed by atoms with van der Waals surface area (Å²) in [6, 6.07) is 2.82. The Morgan fingerprint density at radius 3 is 2.18 bits per heavy atom. The molecule has 0 amide bonds. The van der Waals surface area contributed by atoms with Gasteiger partial charge < -0.3 is 5.11 Å². The highest BCUT2D eigenvalue weighted by Crippen LogP contribution is 2.37. The van der Waals surface area contributed by atoms with Crippen LogP contribution in [-0.4, -0.2) is 16.1 Å². The molecule has 0 bridgehead atoms. The van der Waals surface area contributed by atoms with Crippen LogP contribution < -0.4 is 0 Å². The van der Waals surface area contributed by atoms with Gasteiger partial charge in [0.15, 0.2) is 0 Å². The van der Waals surface area contributed by atoms with Crippen molar-refractivity contribution in [3.63, 3.8) is 0 Å². The smallest absolute Gasteiger partial charge is 0.348 e. The Bertz CT molecular complexity index is 465. The van der Waals surface area contributed by atoms with Gasteiger partial charge in [-0.15, -0.1) is 0 Å². The normalized spacial score (nSPS) is 14.9. The summed E-state index contributed by atoms with van der Waals surface area (Å²) in [5, 5.41) is 16.5. The average molecular weight is 316 g/mol. The first kappa shape index (κ1) is 14.5. The van der Waals surface area contributed by atoms with Crippen LogP contribution in [-0.2, 0) is 4.79 Å². The third kappa shape index (κ3) is 3.71. The average Bonchev–Trinajstić information content (AvgIpc) is 2.15. The van der Waals surface area contributed by atoms with Gasteiger partial charge in [-0.3, -0.25) is 0 Å². The predicted molar refractivity (Wildman–Crippen MR) is 67.9 cm³/mol. The van der Waals surface area contributed by atoms with Gasteiger partial charge in [-0.1, -0.05) is 46.4 Å². The van der Waals surface area contributed by atoms with E-state index in [0.29, 0.717) is 5.02 Å². The predicted octanol–water partition coefficient (Wildman–Crippen LogP) is 4.77. The number of benzene rings is 1. The van der Waals surface area contributed by atoms with Crippen LogP contribution in [0.2, 0.25) is 15.1 Å².